The highest BCUT2D eigenvalue weighted by Crippen LogP contribution is 2.24. The van der Waals surface area contributed by atoms with Crippen LogP contribution in [0.4, 0.5) is 8.78 Å². The molecule has 0 aliphatic carbocycles. The van der Waals surface area contributed by atoms with E-state index in [0.29, 0.717) is 0 Å². The Balaban J connectivity index is 3.48. The first-order valence-corrected chi connectivity index (χ1v) is 7.41. The Kier molecular flexibility index (Phi) is 5.38. The molecule has 1 rings (SSSR count). The molecule has 4 nitrogen and oxygen atoms in total. The molecule has 1 aromatic carbocycles. The highest BCUT2D eigenvalue weighted by molar-refractivity contribution is 7.89. The Bertz CT molecular complexity index is 600. The second-order valence-corrected chi connectivity index (χ2v) is 6.36. The molecule has 7 heteroatoms. The van der Waals surface area contributed by atoms with Gasteiger partial charge in [-0.3, -0.25) is 0 Å². The molecule has 0 bridgehead atoms. The van der Waals surface area contributed by atoms with Crippen LogP contribution in [0, 0.1) is 11.6 Å². The molecule has 0 atom stereocenters. The Hall–Kier alpha value is -1.31. The molecule has 20 heavy (non-hydrogen) atoms. The predicted molar refractivity (Wildman–Crippen MR) is 71.5 cm³/mol. The first-order valence-electron chi connectivity index (χ1n) is 5.97. The highest BCUT2D eigenvalue weighted by atomic mass is 32.2. The van der Waals surface area contributed by atoms with Crippen molar-refractivity contribution in [3.8, 4) is 0 Å². The van der Waals surface area contributed by atoms with Crippen LogP contribution in [0.5, 0.6) is 0 Å². The SMILES string of the molecule is C=CCN(C(C)C)S(=O)(=O)c1cc(CO)cc(F)c1F. The number of halogens is 2. The molecule has 0 aliphatic heterocycles. The zero-order chi connectivity index (χ0) is 15.5. The average molecular weight is 305 g/mol. The topological polar surface area (TPSA) is 57.6 Å². The van der Waals surface area contributed by atoms with Gasteiger partial charge in [-0.2, -0.15) is 4.31 Å². The molecule has 0 heterocycles. The second-order valence-electron chi connectivity index (χ2n) is 4.51. The van der Waals surface area contributed by atoms with Crippen molar-refractivity contribution >= 4 is 10.0 Å². The summed E-state index contributed by atoms with van der Waals surface area (Å²) in [6, 6.07) is 1.26. The minimum Gasteiger partial charge on any atom is -0.392 e. The molecule has 1 N–H and O–H groups in total. The molecule has 112 valence electrons. The van der Waals surface area contributed by atoms with Gasteiger partial charge in [0.25, 0.3) is 0 Å². The lowest BCUT2D eigenvalue weighted by Crippen LogP contribution is -2.37. The fraction of sp³-hybridized carbons (Fsp3) is 0.385. The van der Waals surface area contributed by atoms with Crippen LogP contribution in [0.25, 0.3) is 0 Å². The van der Waals surface area contributed by atoms with E-state index in [1.807, 2.05) is 0 Å². The van der Waals surface area contributed by atoms with Gasteiger partial charge in [-0.25, -0.2) is 17.2 Å². The third-order valence-electron chi connectivity index (χ3n) is 2.71. The Morgan fingerprint density at radius 3 is 2.45 bits per heavy atom. The molecule has 0 saturated carbocycles. The van der Waals surface area contributed by atoms with E-state index in [4.69, 9.17) is 5.11 Å². The number of sulfonamides is 1. The van der Waals surface area contributed by atoms with Crippen molar-refractivity contribution in [3.05, 3.63) is 42.0 Å². The molecule has 0 fully saturated rings. The molecular formula is C13H17F2NO3S. The first-order chi connectivity index (χ1) is 9.25. The van der Waals surface area contributed by atoms with Crippen molar-refractivity contribution in [2.45, 2.75) is 31.4 Å². The maximum atomic E-state index is 13.8. The van der Waals surface area contributed by atoms with Crippen LogP contribution in [0.15, 0.2) is 29.7 Å². The summed E-state index contributed by atoms with van der Waals surface area (Å²) < 4.78 is 53.0. The van der Waals surface area contributed by atoms with Gasteiger partial charge >= 0.3 is 0 Å². The summed E-state index contributed by atoms with van der Waals surface area (Å²) >= 11 is 0. The standard InChI is InChI=1S/C13H17F2NO3S/c1-4-5-16(9(2)3)20(18,19)12-7-10(8-17)6-11(14)13(12)15/h4,6-7,9,17H,1,5,8H2,2-3H3. The monoisotopic (exact) mass is 305 g/mol. The summed E-state index contributed by atoms with van der Waals surface area (Å²) in [4.78, 5) is -0.780. The number of benzene rings is 1. The van der Waals surface area contributed by atoms with Crippen molar-refractivity contribution in [1.82, 2.24) is 4.31 Å². The number of hydrogen-bond acceptors (Lipinski definition) is 3. The normalized spacial score (nSPS) is 12.2. The maximum Gasteiger partial charge on any atom is 0.246 e. The van der Waals surface area contributed by atoms with Gasteiger partial charge in [0.15, 0.2) is 11.6 Å². The summed E-state index contributed by atoms with van der Waals surface area (Å²) in [5.74, 6) is -2.76. The zero-order valence-corrected chi connectivity index (χ0v) is 12.1. The highest BCUT2D eigenvalue weighted by Gasteiger charge is 2.30. The Labute approximate surface area is 117 Å². The van der Waals surface area contributed by atoms with E-state index in [0.717, 1.165) is 16.4 Å². The number of nitrogens with zero attached hydrogens (tertiary/aromatic N) is 1. The van der Waals surface area contributed by atoms with Crippen LogP contribution < -0.4 is 0 Å². The van der Waals surface area contributed by atoms with E-state index in [2.05, 4.69) is 6.58 Å². The Morgan fingerprint density at radius 2 is 2.00 bits per heavy atom. The maximum absolute atomic E-state index is 13.8. The minimum atomic E-state index is -4.21. The van der Waals surface area contributed by atoms with Crippen LogP contribution in [0.2, 0.25) is 0 Å². The fourth-order valence-corrected chi connectivity index (χ4v) is 3.47. The summed E-state index contributed by atoms with van der Waals surface area (Å²) in [5, 5.41) is 8.98. The number of aliphatic hydroxyl groups excluding tert-OH is 1. The summed E-state index contributed by atoms with van der Waals surface area (Å²) in [5.41, 5.74) is -0.00946. The van der Waals surface area contributed by atoms with E-state index in [1.54, 1.807) is 13.8 Å². The second kappa shape index (κ2) is 6.43. The number of hydrogen-bond donors (Lipinski definition) is 1. The van der Waals surface area contributed by atoms with E-state index < -0.39 is 39.2 Å². The fourth-order valence-electron chi connectivity index (χ4n) is 1.74. The van der Waals surface area contributed by atoms with Crippen molar-refractivity contribution in [1.29, 1.82) is 0 Å². The van der Waals surface area contributed by atoms with Gasteiger partial charge in [0.1, 0.15) is 4.90 Å². The van der Waals surface area contributed by atoms with Gasteiger partial charge < -0.3 is 5.11 Å². The first kappa shape index (κ1) is 16.7. The lowest BCUT2D eigenvalue weighted by Gasteiger charge is -2.25. The van der Waals surface area contributed by atoms with Gasteiger partial charge in [-0.05, 0) is 31.5 Å². The summed E-state index contributed by atoms with van der Waals surface area (Å²) in [7, 11) is -4.21. The van der Waals surface area contributed by atoms with Crippen LogP contribution in [0.1, 0.15) is 19.4 Å². The third-order valence-corrected chi connectivity index (χ3v) is 4.75. The number of rotatable bonds is 6. The van der Waals surface area contributed by atoms with Crippen molar-refractivity contribution in [3.63, 3.8) is 0 Å². The lowest BCUT2D eigenvalue weighted by atomic mass is 10.2. The summed E-state index contributed by atoms with van der Waals surface area (Å²) in [6.07, 6.45) is 1.36. The van der Waals surface area contributed by atoms with E-state index >= 15 is 0 Å². The summed E-state index contributed by atoms with van der Waals surface area (Å²) in [6.45, 7) is 6.08. The van der Waals surface area contributed by atoms with Crippen molar-refractivity contribution in [2.24, 2.45) is 0 Å². The van der Waals surface area contributed by atoms with Gasteiger partial charge in [0.05, 0.1) is 6.61 Å². The third kappa shape index (κ3) is 3.23. The molecule has 1 aromatic rings. The average Bonchev–Trinajstić information content (AvgIpc) is 2.37. The van der Waals surface area contributed by atoms with E-state index in [9.17, 15) is 17.2 Å². The van der Waals surface area contributed by atoms with Crippen molar-refractivity contribution < 1.29 is 22.3 Å². The van der Waals surface area contributed by atoms with E-state index in [-0.39, 0.29) is 12.1 Å². The van der Waals surface area contributed by atoms with E-state index in [1.165, 1.54) is 6.08 Å². The molecule has 0 amide bonds. The predicted octanol–water partition coefficient (Wildman–Crippen LogP) is 2.04. The van der Waals surface area contributed by atoms with Crippen LogP contribution in [0.3, 0.4) is 0 Å². The Morgan fingerprint density at radius 1 is 1.40 bits per heavy atom. The quantitative estimate of drug-likeness (QED) is 0.818. The zero-order valence-electron chi connectivity index (χ0n) is 11.3. The van der Waals surface area contributed by atoms with Crippen LogP contribution in [-0.4, -0.2) is 30.4 Å². The largest absolute Gasteiger partial charge is 0.392 e. The van der Waals surface area contributed by atoms with Crippen LogP contribution >= 0.6 is 0 Å². The smallest absolute Gasteiger partial charge is 0.246 e. The molecule has 0 aliphatic rings. The molecule has 0 unspecified atom stereocenters. The van der Waals surface area contributed by atoms with Gasteiger partial charge in [-0.1, -0.05) is 6.08 Å². The van der Waals surface area contributed by atoms with Crippen molar-refractivity contribution in [2.75, 3.05) is 6.54 Å². The molecule has 0 saturated heterocycles. The van der Waals surface area contributed by atoms with Gasteiger partial charge in [0, 0.05) is 12.6 Å². The minimum absolute atomic E-state index is 0.00946. The number of aliphatic hydroxyl groups is 1. The molecular weight excluding hydrogens is 288 g/mol. The van der Waals surface area contributed by atoms with Crippen LogP contribution in [-0.2, 0) is 16.6 Å². The van der Waals surface area contributed by atoms with Gasteiger partial charge in [-0.15, -0.1) is 6.58 Å². The van der Waals surface area contributed by atoms with Gasteiger partial charge in [0.2, 0.25) is 10.0 Å². The molecule has 0 radical (unpaired) electrons. The molecule has 0 aromatic heterocycles. The lowest BCUT2D eigenvalue weighted by molar-refractivity contribution is 0.280. The molecule has 0 spiro atoms.